The molecular weight excluding hydrogens is 453 g/mol. The Morgan fingerprint density at radius 3 is 2.85 bits per heavy atom. The van der Waals surface area contributed by atoms with Gasteiger partial charge < -0.3 is 14.6 Å². The summed E-state index contributed by atoms with van der Waals surface area (Å²) in [5.74, 6) is 0.228. The molecule has 3 atom stereocenters. The van der Waals surface area contributed by atoms with Crippen LogP contribution in [0.4, 0.5) is 4.39 Å². The van der Waals surface area contributed by atoms with E-state index in [9.17, 15) is 14.0 Å². The van der Waals surface area contributed by atoms with Crippen molar-refractivity contribution in [2.24, 2.45) is 11.8 Å². The molecule has 3 heterocycles. The number of hydrogen-bond donors (Lipinski definition) is 1. The van der Waals surface area contributed by atoms with E-state index >= 15 is 0 Å². The van der Waals surface area contributed by atoms with Crippen LogP contribution in [0.5, 0.6) is 0 Å². The molecule has 1 saturated carbocycles. The van der Waals surface area contributed by atoms with Gasteiger partial charge in [0.05, 0.1) is 27.8 Å². The number of halogens is 1. The summed E-state index contributed by atoms with van der Waals surface area (Å²) < 4.78 is 18.8. The molecule has 6 nitrogen and oxygen atoms in total. The average molecular weight is 476 g/mol. The number of nitrogens with zero attached hydrogens (tertiary/aromatic N) is 2. The summed E-state index contributed by atoms with van der Waals surface area (Å²) in [5, 5.41) is 4.59. The van der Waals surface area contributed by atoms with Crippen molar-refractivity contribution in [2.45, 2.75) is 19.4 Å². The molecule has 1 aliphatic heterocycles. The van der Waals surface area contributed by atoms with Crippen molar-refractivity contribution in [1.29, 1.82) is 0 Å². The van der Waals surface area contributed by atoms with Crippen molar-refractivity contribution in [1.82, 2.24) is 15.2 Å². The lowest BCUT2D eigenvalue weighted by Crippen LogP contribution is -2.45. The Hall–Kier alpha value is -3.52. The number of nitrogens with one attached hydrogen (secondary N) is 1. The van der Waals surface area contributed by atoms with Crippen molar-refractivity contribution in [3.05, 3.63) is 76.9 Å². The normalized spacial score (nSPS) is 21.0. The van der Waals surface area contributed by atoms with Gasteiger partial charge in [-0.05, 0) is 61.1 Å². The van der Waals surface area contributed by atoms with Crippen LogP contribution < -0.4 is 5.32 Å². The Morgan fingerprint density at radius 2 is 2.03 bits per heavy atom. The lowest BCUT2D eigenvalue weighted by Gasteiger charge is -2.27. The number of benzene rings is 2. The van der Waals surface area contributed by atoms with Gasteiger partial charge in [0, 0.05) is 18.5 Å². The molecule has 0 bridgehead atoms. The van der Waals surface area contributed by atoms with Crippen molar-refractivity contribution in [3.8, 4) is 10.4 Å². The van der Waals surface area contributed by atoms with Gasteiger partial charge >= 0.3 is 0 Å². The average Bonchev–Trinajstić information content (AvgIpc) is 3.16. The Bertz CT molecular complexity index is 1410. The van der Waals surface area contributed by atoms with Crippen LogP contribution in [-0.4, -0.2) is 40.8 Å². The third kappa shape index (κ3) is 3.58. The molecule has 0 spiro atoms. The second kappa shape index (κ2) is 8.06. The fraction of sp³-hybridized carbons (Fsp3) is 0.269. The zero-order chi connectivity index (χ0) is 23.4. The number of piperidine rings is 1. The van der Waals surface area contributed by atoms with Gasteiger partial charge in [0.15, 0.2) is 0 Å². The Balaban J connectivity index is 1.23. The van der Waals surface area contributed by atoms with Crippen LogP contribution in [0.15, 0.2) is 59.2 Å². The van der Waals surface area contributed by atoms with Crippen LogP contribution >= 0.6 is 11.3 Å². The van der Waals surface area contributed by atoms with Gasteiger partial charge in [0.25, 0.3) is 11.8 Å². The van der Waals surface area contributed by atoms with Crippen LogP contribution in [0.3, 0.4) is 0 Å². The van der Waals surface area contributed by atoms with E-state index in [4.69, 9.17) is 4.42 Å². The first-order valence-electron chi connectivity index (χ1n) is 11.3. The first-order chi connectivity index (χ1) is 16.5. The summed E-state index contributed by atoms with van der Waals surface area (Å²) in [5.41, 5.74) is 2.40. The molecule has 172 valence electrons. The minimum Gasteiger partial charge on any atom is -0.464 e. The summed E-state index contributed by atoms with van der Waals surface area (Å²) >= 11 is 1.43. The van der Waals surface area contributed by atoms with Gasteiger partial charge in [-0.1, -0.05) is 18.2 Å². The topological polar surface area (TPSA) is 75.4 Å². The maximum atomic E-state index is 13.6. The molecule has 6 rings (SSSR count). The third-order valence-corrected chi connectivity index (χ3v) is 7.84. The highest BCUT2D eigenvalue weighted by atomic mass is 32.1. The molecule has 0 radical (unpaired) electrons. The molecule has 8 heteroatoms. The number of rotatable bonds is 5. The molecule has 1 saturated heterocycles. The fourth-order valence-electron chi connectivity index (χ4n) is 5.06. The van der Waals surface area contributed by atoms with Gasteiger partial charge in [0.1, 0.15) is 17.1 Å². The summed E-state index contributed by atoms with van der Waals surface area (Å²) in [6, 6.07) is 13.2. The molecule has 34 heavy (non-hydrogen) atoms. The van der Waals surface area contributed by atoms with E-state index in [-0.39, 0.29) is 23.7 Å². The van der Waals surface area contributed by atoms with E-state index in [0.717, 1.165) is 27.3 Å². The number of hydrogen-bond acceptors (Lipinski definition) is 5. The first kappa shape index (κ1) is 21.0. The van der Waals surface area contributed by atoms with E-state index in [1.807, 2.05) is 17.9 Å². The lowest BCUT2D eigenvalue weighted by molar-refractivity contribution is 0.0690. The molecule has 2 aromatic carbocycles. The van der Waals surface area contributed by atoms with Crippen LogP contribution in [-0.2, 0) is 0 Å². The molecule has 1 N–H and O–H groups in total. The van der Waals surface area contributed by atoms with Crippen molar-refractivity contribution >= 4 is 34.1 Å². The van der Waals surface area contributed by atoms with Crippen molar-refractivity contribution in [3.63, 3.8) is 0 Å². The quantitative estimate of drug-likeness (QED) is 0.446. The molecule has 2 aliphatic rings. The number of fused-ring (bicyclic) bond motifs is 2. The molecule has 2 fully saturated rings. The molecule has 4 aromatic rings. The minimum atomic E-state index is -0.320. The molecule has 2 aromatic heterocycles. The van der Waals surface area contributed by atoms with E-state index < -0.39 is 0 Å². The zero-order valence-electron chi connectivity index (χ0n) is 18.5. The fourth-order valence-corrected chi connectivity index (χ4v) is 5.97. The monoisotopic (exact) mass is 475 g/mol. The Morgan fingerprint density at radius 1 is 1.21 bits per heavy atom. The summed E-state index contributed by atoms with van der Waals surface area (Å²) in [4.78, 5) is 33.7. The minimum absolute atomic E-state index is 0.0759. The smallest absolute Gasteiger partial charge is 0.274 e. The van der Waals surface area contributed by atoms with Crippen molar-refractivity contribution < 1.29 is 18.4 Å². The number of aromatic nitrogens is 1. The third-order valence-electron chi connectivity index (χ3n) is 6.82. The van der Waals surface area contributed by atoms with Crippen LogP contribution in [0.2, 0.25) is 0 Å². The molecule has 2 amide bonds. The first-order valence-corrected chi connectivity index (χ1v) is 12.1. The number of furan rings is 1. The number of carbonyl (C=O) groups excluding carboxylic acids is 2. The zero-order valence-corrected chi connectivity index (χ0v) is 19.3. The van der Waals surface area contributed by atoms with E-state index in [2.05, 4.69) is 10.3 Å². The van der Waals surface area contributed by atoms with Crippen LogP contribution in [0.25, 0.3) is 21.4 Å². The largest absolute Gasteiger partial charge is 0.464 e. The van der Waals surface area contributed by atoms with E-state index in [1.54, 1.807) is 36.6 Å². The number of carbonyl (C=O) groups is 2. The van der Waals surface area contributed by atoms with Crippen LogP contribution in [0.1, 0.15) is 32.3 Å². The maximum absolute atomic E-state index is 13.6. The highest BCUT2D eigenvalue weighted by molar-refractivity contribution is 7.15. The van der Waals surface area contributed by atoms with Gasteiger partial charge in [0.2, 0.25) is 0 Å². The van der Waals surface area contributed by atoms with Gasteiger partial charge in [-0.15, -0.1) is 11.3 Å². The van der Waals surface area contributed by atoms with Gasteiger partial charge in [-0.3, -0.25) is 9.59 Å². The van der Waals surface area contributed by atoms with Crippen molar-refractivity contribution in [2.75, 3.05) is 13.1 Å². The van der Waals surface area contributed by atoms with E-state index in [0.29, 0.717) is 41.8 Å². The number of aryl methyl sites for hydroxylation is 1. The van der Waals surface area contributed by atoms with E-state index in [1.165, 1.54) is 23.5 Å². The molecule has 1 aliphatic carbocycles. The van der Waals surface area contributed by atoms with Crippen LogP contribution in [0, 0.1) is 24.6 Å². The summed E-state index contributed by atoms with van der Waals surface area (Å²) in [7, 11) is 0. The standard InChI is InChI=1S/C26H22FN3O3S/c1-14-29-23(24(34-14)15-5-7-17(27)8-6-15)26(32)30-13-16-11-20(16)21(30)12-28-25(31)19-3-2-4-22-18(19)9-10-33-22/h2-10,16,20-21H,11-13H2,1H3,(H,28,31)/t16-,20-,21+/m0/s1. The number of thiazole rings is 1. The number of likely N-dealkylation sites (tertiary alicyclic amines) is 1. The Kier molecular flexibility index (Phi) is 4.99. The summed E-state index contributed by atoms with van der Waals surface area (Å²) in [6.07, 6.45) is 2.64. The lowest BCUT2D eigenvalue weighted by atomic mass is 10.1. The second-order valence-corrected chi connectivity index (χ2v) is 10.2. The van der Waals surface area contributed by atoms with Gasteiger partial charge in [-0.25, -0.2) is 9.37 Å². The SMILES string of the molecule is Cc1nc(C(=O)N2C[C@@H]3C[C@@H]3[C@H]2CNC(=O)c2cccc3occc23)c(-c2ccc(F)cc2)s1. The highest BCUT2D eigenvalue weighted by Crippen LogP contribution is 2.50. The van der Waals surface area contributed by atoms with Gasteiger partial charge in [-0.2, -0.15) is 0 Å². The predicted octanol–water partition coefficient (Wildman–Crippen LogP) is 4.89. The summed E-state index contributed by atoms with van der Waals surface area (Å²) in [6.45, 7) is 2.92. The number of amides is 2. The molecule has 0 unspecified atom stereocenters. The second-order valence-electron chi connectivity index (χ2n) is 8.95. The predicted molar refractivity (Wildman–Crippen MR) is 127 cm³/mol. The molecular formula is C26H22FN3O3S. The Labute approximate surface area is 199 Å². The maximum Gasteiger partial charge on any atom is 0.274 e. The highest BCUT2D eigenvalue weighted by Gasteiger charge is 2.54.